The summed E-state index contributed by atoms with van der Waals surface area (Å²) in [4.78, 5) is 9.46. The first kappa shape index (κ1) is 18.0. The Morgan fingerprint density at radius 3 is 2.71 bits per heavy atom. The Labute approximate surface area is 146 Å². The van der Waals surface area contributed by atoms with E-state index in [4.69, 9.17) is 9.47 Å². The van der Waals surface area contributed by atoms with Crippen LogP contribution < -0.4 is 5.32 Å². The van der Waals surface area contributed by atoms with Gasteiger partial charge in [0.05, 0.1) is 12.7 Å². The van der Waals surface area contributed by atoms with Crippen LogP contribution >= 0.6 is 0 Å². The molecule has 0 spiro atoms. The minimum atomic E-state index is 0.182. The molecule has 0 amide bonds. The quantitative estimate of drug-likeness (QED) is 0.619. The summed E-state index contributed by atoms with van der Waals surface area (Å²) in [5.41, 5.74) is 0. The molecule has 0 saturated carbocycles. The number of nitrogens with zero attached hydrogens (tertiary/aromatic N) is 3. The van der Waals surface area contributed by atoms with Crippen LogP contribution in [0.4, 0.5) is 0 Å². The average molecular weight is 338 g/mol. The first-order chi connectivity index (χ1) is 11.8. The van der Waals surface area contributed by atoms with Gasteiger partial charge in [-0.1, -0.05) is 13.3 Å². The highest BCUT2D eigenvalue weighted by atomic mass is 16.5. The standard InChI is InChI=1S/C18H34N4O2/c1-3-21-9-5-4-7-15(21)13-20-18(19-2)22-10-12-24-17(14-22)16-8-6-11-23-16/h15-17H,3-14H2,1-2H3,(H,19,20). The van der Waals surface area contributed by atoms with Gasteiger partial charge >= 0.3 is 0 Å². The van der Waals surface area contributed by atoms with Crippen LogP contribution in [0.25, 0.3) is 0 Å². The number of hydrogen-bond donors (Lipinski definition) is 1. The van der Waals surface area contributed by atoms with Crippen molar-refractivity contribution in [1.29, 1.82) is 0 Å². The molecule has 3 rings (SSSR count). The highest BCUT2D eigenvalue weighted by Crippen LogP contribution is 2.21. The fraction of sp³-hybridized carbons (Fsp3) is 0.944. The van der Waals surface area contributed by atoms with Gasteiger partial charge in [-0.3, -0.25) is 9.89 Å². The monoisotopic (exact) mass is 338 g/mol. The highest BCUT2D eigenvalue weighted by Gasteiger charge is 2.32. The predicted octanol–water partition coefficient (Wildman–Crippen LogP) is 1.32. The molecule has 0 aromatic carbocycles. The molecule has 0 aromatic rings. The number of likely N-dealkylation sites (tertiary alicyclic amines) is 1. The third kappa shape index (κ3) is 4.41. The summed E-state index contributed by atoms with van der Waals surface area (Å²) in [6, 6.07) is 0.635. The fourth-order valence-corrected chi connectivity index (χ4v) is 4.24. The number of nitrogens with one attached hydrogen (secondary N) is 1. The number of piperidine rings is 1. The summed E-state index contributed by atoms with van der Waals surface area (Å²) in [5.74, 6) is 1.02. The number of hydrogen-bond acceptors (Lipinski definition) is 4. The first-order valence-corrected chi connectivity index (χ1v) is 9.74. The maximum atomic E-state index is 5.96. The summed E-state index contributed by atoms with van der Waals surface area (Å²) in [6.45, 7) is 9.06. The fourth-order valence-electron chi connectivity index (χ4n) is 4.24. The highest BCUT2D eigenvalue weighted by molar-refractivity contribution is 5.80. The van der Waals surface area contributed by atoms with E-state index in [1.54, 1.807) is 0 Å². The second-order valence-corrected chi connectivity index (χ2v) is 7.11. The SMILES string of the molecule is CCN1CCCCC1CNC(=NC)N1CCOC(C2CCCO2)C1. The van der Waals surface area contributed by atoms with Crippen molar-refractivity contribution in [2.75, 3.05) is 53.0 Å². The van der Waals surface area contributed by atoms with Crippen LogP contribution in [0, 0.1) is 0 Å². The molecule has 3 saturated heterocycles. The molecule has 3 atom stereocenters. The number of guanidine groups is 1. The van der Waals surface area contributed by atoms with Crippen molar-refractivity contribution in [3.63, 3.8) is 0 Å². The predicted molar refractivity (Wildman–Crippen MR) is 96.5 cm³/mol. The molecular weight excluding hydrogens is 304 g/mol. The van der Waals surface area contributed by atoms with E-state index >= 15 is 0 Å². The van der Waals surface area contributed by atoms with Crippen LogP contribution in [0.3, 0.4) is 0 Å². The number of rotatable bonds is 4. The Kier molecular flexibility index (Phi) is 6.75. The molecule has 0 aliphatic carbocycles. The number of morpholine rings is 1. The van der Waals surface area contributed by atoms with Crippen molar-refractivity contribution in [1.82, 2.24) is 15.1 Å². The summed E-state index contributed by atoms with van der Waals surface area (Å²) in [5, 5.41) is 3.62. The first-order valence-electron chi connectivity index (χ1n) is 9.74. The van der Waals surface area contributed by atoms with Gasteiger partial charge in [-0.2, -0.15) is 0 Å². The van der Waals surface area contributed by atoms with Gasteiger partial charge in [-0.15, -0.1) is 0 Å². The Morgan fingerprint density at radius 2 is 1.96 bits per heavy atom. The number of aliphatic imine (C=N–C) groups is 1. The molecule has 3 unspecified atom stereocenters. The van der Waals surface area contributed by atoms with E-state index in [9.17, 15) is 0 Å². The van der Waals surface area contributed by atoms with Crippen molar-refractivity contribution >= 4 is 5.96 Å². The minimum Gasteiger partial charge on any atom is -0.375 e. The second-order valence-electron chi connectivity index (χ2n) is 7.11. The molecule has 3 heterocycles. The minimum absolute atomic E-state index is 0.182. The largest absolute Gasteiger partial charge is 0.375 e. The third-order valence-corrected chi connectivity index (χ3v) is 5.64. The summed E-state index contributed by atoms with van der Waals surface area (Å²) in [7, 11) is 1.89. The van der Waals surface area contributed by atoms with Crippen molar-refractivity contribution in [2.24, 2.45) is 4.99 Å². The van der Waals surface area contributed by atoms with Crippen molar-refractivity contribution in [2.45, 2.75) is 57.3 Å². The van der Waals surface area contributed by atoms with Gasteiger partial charge in [0, 0.05) is 39.3 Å². The van der Waals surface area contributed by atoms with E-state index < -0.39 is 0 Å². The molecular formula is C18H34N4O2. The van der Waals surface area contributed by atoms with E-state index in [0.717, 1.165) is 58.2 Å². The summed E-state index contributed by atoms with van der Waals surface area (Å²) in [6.07, 6.45) is 6.70. The van der Waals surface area contributed by atoms with E-state index in [2.05, 4.69) is 27.0 Å². The Balaban J connectivity index is 1.51. The summed E-state index contributed by atoms with van der Waals surface area (Å²) >= 11 is 0. The molecule has 0 aromatic heterocycles. The zero-order chi connectivity index (χ0) is 16.8. The van der Waals surface area contributed by atoms with Crippen LogP contribution in [0.15, 0.2) is 4.99 Å². The molecule has 6 nitrogen and oxygen atoms in total. The average Bonchev–Trinajstić information content (AvgIpc) is 3.17. The van der Waals surface area contributed by atoms with Crippen LogP contribution in [-0.4, -0.2) is 87.0 Å². The zero-order valence-corrected chi connectivity index (χ0v) is 15.4. The van der Waals surface area contributed by atoms with Gasteiger partial charge in [0.25, 0.3) is 0 Å². The van der Waals surface area contributed by atoms with E-state index in [1.807, 2.05) is 7.05 Å². The van der Waals surface area contributed by atoms with Crippen molar-refractivity contribution in [3.05, 3.63) is 0 Å². The van der Waals surface area contributed by atoms with Gasteiger partial charge in [0.2, 0.25) is 0 Å². The van der Waals surface area contributed by atoms with E-state index in [1.165, 1.54) is 25.8 Å². The third-order valence-electron chi connectivity index (χ3n) is 5.64. The molecule has 24 heavy (non-hydrogen) atoms. The molecule has 6 heteroatoms. The molecule has 3 fully saturated rings. The van der Waals surface area contributed by atoms with Crippen LogP contribution in [0.2, 0.25) is 0 Å². The van der Waals surface area contributed by atoms with Crippen LogP contribution in [-0.2, 0) is 9.47 Å². The van der Waals surface area contributed by atoms with Gasteiger partial charge in [0.15, 0.2) is 5.96 Å². The van der Waals surface area contributed by atoms with Crippen molar-refractivity contribution < 1.29 is 9.47 Å². The molecule has 0 radical (unpaired) electrons. The van der Waals surface area contributed by atoms with Crippen molar-refractivity contribution in [3.8, 4) is 0 Å². The maximum absolute atomic E-state index is 5.96. The van der Waals surface area contributed by atoms with Gasteiger partial charge in [-0.05, 0) is 38.8 Å². The summed E-state index contributed by atoms with van der Waals surface area (Å²) < 4.78 is 11.8. The second kappa shape index (κ2) is 9.02. The lowest BCUT2D eigenvalue weighted by molar-refractivity contribution is -0.0817. The lowest BCUT2D eigenvalue weighted by Gasteiger charge is -2.39. The lowest BCUT2D eigenvalue weighted by atomic mass is 10.0. The van der Waals surface area contributed by atoms with Crippen LogP contribution in [0.1, 0.15) is 39.0 Å². The number of likely N-dealkylation sites (N-methyl/N-ethyl adjacent to an activating group) is 1. The Bertz CT molecular complexity index is 412. The molecule has 3 aliphatic rings. The van der Waals surface area contributed by atoms with E-state index in [-0.39, 0.29) is 12.2 Å². The lowest BCUT2D eigenvalue weighted by Crippen LogP contribution is -2.55. The zero-order valence-electron chi connectivity index (χ0n) is 15.4. The smallest absolute Gasteiger partial charge is 0.193 e. The van der Waals surface area contributed by atoms with Gasteiger partial charge in [-0.25, -0.2) is 0 Å². The maximum Gasteiger partial charge on any atom is 0.193 e. The van der Waals surface area contributed by atoms with Gasteiger partial charge in [0.1, 0.15) is 6.10 Å². The molecule has 1 N–H and O–H groups in total. The molecule has 3 aliphatic heterocycles. The van der Waals surface area contributed by atoms with Crippen LogP contribution in [0.5, 0.6) is 0 Å². The Morgan fingerprint density at radius 1 is 1.08 bits per heavy atom. The molecule has 0 bridgehead atoms. The topological polar surface area (TPSA) is 49.3 Å². The van der Waals surface area contributed by atoms with Gasteiger partial charge < -0.3 is 19.7 Å². The molecule has 138 valence electrons. The number of ether oxygens (including phenoxy) is 2. The Hall–Kier alpha value is -0.850. The van der Waals surface area contributed by atoms with E-state index in [0.29, 0.717) is 6.04 Å². The normalized spacial score (nSPS) is 33.0.